The van der Waals surface area contributed by atoms with Crippen LogP contribution in [0.4, 0.5) is 18.0 Å². The highest BCUT2D eigenvalue weighted by atomic mass is 79.9. The number of pyridine rings is 1. The van der Waals surface area contributed by atoms with Crippen molar-refractivity contribution in [2.24, 2.45) is 0 Å². The summed E-state index contributed by atoms with van der Waals surface area (Å²) in [4.78, 5) is 19.0. The molecule has 3 heterocycles. The Morgan fingerprint density at radius 1 is 1.11 bits per heavy atom. The summed E-state index contributed by atoms with van der Waals surface area (Å²) in [6.45, 7) is 2.10. The van der Waals surface area contributed by atoms with Crippen molar-refractivity contribution in [3.05, 3.63) is 105 Å². The van der Waals surface area contributed by atoms with Gasteiger partial charge < -0.3 is 5.32 Å². The molecule has 2 aromatic heterocycles. The van der Waals surface area contributed by atoms with Gasteiger partial charge in [-0.15, -0.1) is 0 Å². The zero-order valence-electron chi connectivity index (χ0n) is 19.1. The molecule has 0 atom stereocenters. The Morgan fingerprint density at radius 3 is 2.78 bits per heavy atom. The number of hydrogen-bond acceptors (Lipinski definition) is 3. The third-order valence-corrected chi connectivity index (χ3v) is 6.75. The number of nitrogens with one attached hydrogen (secondary N) is 1. The molecule has 0 saturated carbocycles. The van der Waals surface area contributed by atoms with Gasteiger partial charge in [-0.05, 0) is 47.5 Å². The molecule has 5 rings (SSSR count). The van der Waals surface area contributed by atoms with E-state index in [0.29, 0.717) is 37.2 Å². The number of rotatable bonds is 5. The first-order valence-electron chi connectivity index (χ1n) is 11.4. The van der Waals surface area contributed by atoms with Gasteiger partial charge in [-0.1, -0.05) is 34.1 Å². The van der Waals surface area contributed by atoms with Gasteiger partial charge >= 0.3 is 6.03 Å². The van der Waals surface area contributed by atoms with Crippen LogP contribution in [0.15, 0.2) is 65.3 Å². The quantitative estimate of drug-likeness (QED) is 0.306. The molecule has 1 amide bonds. The fourth-order valence-electron chi connectivity index (χ4n) is 4.55. The summed E-state index contributed by atoms with van der Waals surface area (Å²) in [5.74, 6) is -1.79. The van der Waals surface area contributed by atoms with Crippen LogP contribution in [-0.2, 0) is 19.5 Å². The topological polar surface area (TPSA) is 50.2 Å². The molecule has 2 aromatic carbocycles. The van der Waals surface area contributed by atoms with Crippen LogP contribution >= 0.6 is 15.9 Å². The van der Waals surface area contributed by atoms with Crippen LogP contribution in [-0.4, -0.2) is 33.6 Å². The summed E-state index contributed by atoms with van der Waals surface area (Å²) >= 11 is 3.50. The predicted octanol–water partition coefficient (Wildman–Crippen LogP) is 6.05. The SMILES string of the molecule is O=C(NCc1ccnc(F)c1)n1c2c(c3ccc(Br)cc31)CN(C/C=C/c1ccc(F)cc1F)CC2. The van der Waals surface area contributed by atoms with Gasteiger partial charge in [0, 0.05) is 66.0 Å². The molecular weight excluding hydrogens is 533 g/mol. The molecule has 0 aliphatic carbocycles. The maximum atomic E-state index is 13.9. The van der Waals surface area contributed by atoms with Crippen molar-refractivity contribution in [1.82, 2.24) is 19.8 Å². The minimum atomic E-state index is -0.604. The lowest BCUT2D eigenvalue weighted by atomic mass is 10.0. The molecule has 9 heteroatoms. The molecule has 0 saturated heterocycles. The number of carbonyl (C=O) groups is 1. The van der Waals surface area contributed by atoms with Crippen LogP contribution in [0.2, 0.25) is 0 Å². The molecule has 1 aliphatic rings. The summed E-state index contributed by atoms with van der Waals surface area (Å²) in [6.07, 6.45) is 5.53. The maximum Gasteiger partial charge on any atom is 0.326 e. The first-order chi connectivity index (χ1) is 17.4. The summed E-state index contributed by atoms with van der Waals surface area (Å²) in [6, 6.07) is 12.1. The summed E-state index contributed by atoms with van der Waals surface area (Å²) in [5.41, 5.74) is 3.75. The van der Waals surface area contributed by atoms with E-state index in [1.807, 2.05) is 24.3 Å². The number of halogens is 4. The Bertz CT molecular complexity index is 1480. The molecule has 0 fully saturated rings. The molecule has 0 radical (unpaired) electrons. The van der Waals surface area contributed by atoms with Gasteiger partial charge in [0.05, 0.1) is 5.52 Å². The third kappa shape index (κ3) is 5.08. The average Bonchev–Trinajstić information content (AvgIpc) is 3.16. The lowest BCUT2D eigenvalue weighted by Crippen LogP contribution is -2.34. The zero-order chi connectivity index (χ0) is 25.2. The van der Waals surface area contributed by atoms with E-state index in [1.54, 1.807) is 16.7 Å². The van der Waals surface area contributed by atoms with E-state index in [9.17, 15) is 18.0 Å². The van der Waals surface area contributed by atoms with Gasteiger partial charge in [0.15, 0.2) is 0 Å². The second-order valence-electron chi connectivity index (χ2n) is 8.62. The van der Waals surface area contributed by atoms with Gasteiger partial charge in [-0.25, -0.2) is 18.6 Å². The largest absolute Gasteiger partial charge is 0.333 e. The molecule has 5 nitrogen and oxygen atoms in total. The Morgan fingerprint density at radius 2 is 1.97 bits per heavy atom. The van der Waals surface area contributed by atoms with E-state index in [-0.39, 0.29) is 12.6 Å². The minimum Gasteiger partial charge on any atom is -0.333 e. The molecule has 1 aliphatic heterocycles. The Hall–Kier alpha value is -3.43. The zero-order valence-corrected chi connectivity index (χ0v) is 20.7. The molecular formula is C27H22BrF3N4O. The van der Waals surface area contributed by atoms with Crippen molar-refractivity contribution in [3.8, 4) is 0 Å². The van der Waals surface area contributed by atoms with Crippen molar-refractivity contribution in [2.75, 3.05) is 13.1 Å². The van der Waals surface area contributed by atoms with E-state index in [2.05, 4.69) is 31.1 Å². The normalized spacial score (nSPS) is 13.9. The van der Waals surface area contributed by atoms with Gasteiger partial charge in [-0.3, -0.25) is 9.47 Å². The number of aromatic nitrogens is 2. The van der Waals surface area contributed by atoms with Crippen LogP contribution in [0.1, 0.15) is 22.4 Å². The van der Waals surface area contributed by atoms with E-state index < -0.39 is 17.6 Å². The van der Waals surface area contributed by atoms with Crippen LogP contribution in [0, 0.1) is 17.6 Å². The number of fused-ring (bicyclic) bond motifs is 3. The first kappa shape index (κ1) is 24.3. The van der Waals surface area contributed by atoms with Crippen molar-refractivity contribution in [2.45, 2.75) is 19.5 Å². The molecule has 0 unspecified atom stereocenters. The fourth-order valence-corrected chi connectivity index (χ4v) is 4.90. The summed E-state index contributed by atoms with van der Waals surface area (Å²) in [7, 11) is 0. The van der Waals surface area contributed by atoms with Gasteiger partial charge in [0.2, 0.25) is 5.95 Å². The lowest BCUT2D eigenvalue weighted by molar-refractivity contribution is 0.240. The molecule has 36 heavy (non-hydrogen) atoms. The Labute approximate surface area is 214 Å². The number of benzene rings is 2. The smallest absolute Gasteiger partial charge is 0.326 e. The standard InChI is InChI=1S/C27H22BrF3N4O/c28-19-4-6-21-22-16-34(10-1-2-18-3-5-20(29)14-23(18)30)11-8-24(22)35(25(21)13-19)27(36)33-15-17-7-9-32-26(31)12-17/h1-7,9,12-14H,8,10-11,15-16H2,(H,33,36)/b2-1+. The first-order valence-corrected chi connectivity index (χ1v) is 12.2. The highest BCUT2D eigenvalue weighted by Crippen LogP contribution is 2.32. The summed E-state index contributed by atoms with van der Waals surface area (Å²) < 4.78 is 43.0. The minimum absolute atomic E-state index is 0.178. The number of hydrogen-bond donors (Lipinski definition) is 1. The van der Waals surface area contributed by atoms with E-state index in [0.717, 1.165) is 32.7 Å². The van der Waals surface area contributed by atoms with Crippen LogP contribution in [0.3, 0.4) is 0 Å². The molecule has 4 aromatic rings. The predicted molar refractivity (Wildman–Crippen MR) is 136 cm³/mol. The molecule has 0 bridgehead atoms. The molecule has 1 N–H and O–H groups in total. The maximum absolute atomic E-state index is 13.9. The van der Waals surface area contributed by atoms with Crippen LogP contribution < -0.4 is 5.32 Å². The van der Waals surface area contributed by atoms with Crippen molar-refractivity contribution in [1.29, 1.82) is 0 Å². The van der Waals surface area contributed by atoms with E-state index in [1.165, 1.54) is 24.4 Å². The van der Waals surface area contributed by atoms with E-state index >= 15 is 0 Å². The van der Waals surface area contributed by atoms with Gasteiger partial charge in [0.25, 0.3) is 0 Å². The van der Waals surface area contributed by atoms with Crippen molar-refractivity contribution >= 4 is 38.9 Å². The average molecular weight is 555 g/mol. The highest BCUT2D eigenvalue weighted by Gasteiger charge is 2.26. The van der Waals surface area contributed by atoms with Crippen LogP contribution in [0.5, 0.6) is 0 Å². The number of amides is 1. The number of carbonyl (C=O) groups excluding carboxylic acids is 1. The fraction of sp³-hybridized carbons (Fsp3) is 0.185. The molecule has 184 valence electrons. The Balaban J connectivity index is 1.37. The second-order valence-corrected chi connectivity index (χ2v) is 9.54. The van der Waals surface area contributed by atoms with Crippen molar-refractivity contribution < 1.29 is 18.0 Å². The van der Waals surface area contributed by atoms with Gasteiger partial charge in [0.1, 0.15) is 11.6 Å². The highest BCUT2D eigenvalue weighted by molar-refractivity contribution is 9.10. The third-order valence-electron chi connectivity index (χ3n) is 6.25. The van der Waals surface area contributed by atoms with Crippen LogP contribution in [0.25, 0.3) is 17.0 Å². The van der Waals surface area contributed by atoms with E-state index in [4.69, 9.17) is 0 Å². The second kappa shape index (κ2) is 10.3. The molecule has 0 spiro atoms. The Kier molecular flexibility index (Phi) is 6.93. The number of nitrogens with zero attached hydrogens (tertiary/aromatic N) is 3. The monoisotopic (exact) mass is 554 g/mol. The summed E-state index contributed by atoms with van der Waals surface area (Å²) in [5, 5.41) is 3.87. The van der Waals surface area contributed by atoms with Gasteiger partial charge in [-0.2, -0.15) is 4.39 Å². The van der Waals surface area contributed by atoms with Crippen molar-refractivity contribution in [3.63, 3.8) is 0 Å². The lowest BCUT2D eigenvalue weighted by Gasteiger charge is -2.27.